The van der Waals surface area contributed by atoms with Crippen molar-refractivity contribution in [3.63, 3.8) is 0 Å². The van der Waals surface area contributed by atoms with Gasteiger partial charge in [0.15, 0.2) is 6.61 Å². The van der Waals surface area contributed by atoms with Crippen LogP contribution in [0.3, 0.4) is 0 Å². The van der Waals surface area contributed by atoms with Crippen molar-refractivity contribution >= 4 is 5.91 Å². The van der Waals surface area contributed by atoms with E-state index in [0.29, 0.717) is 11.2 Å². The zero-order chi connectivity index (χ0) is 16.1. The van der Waals surface area contributed by atoms with Crippen molar-refractivity contribution in [3.8, 4) is 5.75 Å². The molecule has 0 saturated carbocycles. The SMILES string of the molecule is CC(C)(C)CC(C)(C)NCc1ccc(OCC(N)=O)cc1. The number of ether oxygens (including phenoxy) is 1. The van der Waals surface area contributed by atoms with Gasteiger partial charge in [-0.05, 0) is 43.4 Å². The maximum atomic E-state index is 10.7. The van der Waals surface area contributed by atoms with E-state index in [9.17, 15) is 4.79 Å². The Bertz CT molecular complexity index is 459. The largest absolute Gasteiger partial charge is 0.484 e. The number of hydrogen-bond donors (Lipinski definition) is 2. The molecule has 4 heteroatoms. The zero-order valence-corrected chi connectivity index (χ0v) is 13.8. The van der Waals surface area contributed by atoms with Crippen LogP contribution in [0.25, 0.3) is 0 Å². The van der Waals surface area contributed by atoms with Gasteiger partial charge in [-0.1, -0.05) is 32.9 Å². The second-order valence-corrected chi connectivity index (χ2v) is 7.37. The van der Waals surface area contributed by atoms with E-state index in [-0.39, 0.29) is 12.1 Å². The van der Waals surface area contributed by atoms with Crippen LogP contribution in [0.15, 0.2) is 24.3 Å². The summed E-state index contributed by atoms with van der Waals surface area (Å²) in [5.74, 6) is 0.191. The number of hydrogen-bond acceptors (Lipinski definition) is 3. The molecule has 0 bridgehead atoms. The highest BCUT2D eigenvalue weighted by Gasteiger charge is 2.24. The molecule has 1 aromatic carbocycles. The second-order valence-electron chi connectivity index (χ2n) is 7.37. The van der Waals surface area contributed by atoms with Gasteiger partial charge in [-0.15, -0.1) is 0 Å². The molecule has 0 fully saturated rings. The number of carbonyl (C=O) groups excluding carboxylic acids is 1. The first kappa shape index (κ1) is 17.5. The Labute approximate surface area is 128 Å². The average Bonchev–Trinajstić information content (AvgIpc) is 2.32. The summed E-state index contributed by atoms with van der Waals surface area (Å²) < 4.78 is 5.24. The fourth-order valence-corrected chi connectivity index (χ4v) is 2.59. The quantitative estimate of drug-likeness (QED) is 0.812. The summed E-state index contributed by atoms with van der Waals surface area (Å²) >= 11 is 0. The first-order valence-corrected chi connectivity index (χ1v) is 7.32. The molecule has 4 nitrogen and oxygen atoms in total. The summed E-state index contributed by atoms with van der Waals surface area (Å²) in [6, 6.07) is 7.71. The summed E-state index contributed by atoms with van der Waals surface area (Å²) in [7, 11) is 0. The zero-order valence-electron chi connectivity index (χ0n) is 13.8. The van der Waals surface area contributed by atoms with Crippen LogP contribution >= 0.6 is 0 Å². The van der Waals surface area contributed by atoms with Crippen LogP contribution in [-0.4, -0.2) is 18.1 Å². The number of primary amides is 1. The molecule has 0 aliphatic carbocycles. The molecule has 0 aromatic heterocycles. The van der Waals surface area contributed by atoms with Gasteiger partial charge >= 0.3 is 0 Å². The van der Waals surface area contributed by atoms with Crippen LogP contribution in [0.5, 0.6) is 5.75 Å². The van der Waals surface area contributed by atoms with Crippen molar-refractivity contribution in [3.05, 3.63) is 29.8 Å². The van der Waals surface area contributed by atoms with Gasteiger partial charge in [0, 0.05) is 12.1 Å². The summed E-state index contributed by atoms with van der Waals surface area (Å²) in [4.78, 5) is 10.7. The molecule has 0 heterocycles. The highest BCUT2D eigenvalue weighted by Crippen LogP contribution is 2.27. The van der Waals surface area contributed by atoms with Gasteiger partial charge in [0.25, 0.3) is 5.91 Å². The molecule has 0 saturated heterocycles. The molecular formula is C17H28N2O2. The van der Waals surface area contributed by atoms with Crippen molar-refractivity contribution < 1.29 is 9.53 Å². The van der Waals surface area contributed by atoms with Gasteiger partial charge in [0.2, 0.25) is 0 Å². The van der Waals surface area contributed by atoms with Crippen molar-refractivity contribution in [1.82, 2.24) is 5.32 Å². The lowest BCUT2D eigenvalue weighted by Crippen LogP contribution is -2.41. The molecule has 0 spiro atoms. The molecular weight excluding hydrogens is 264 g/mol. The predicted octanol–water partition coefficient (Wildman–Crippen LogP) is 2.86. The fraction of sp³-hybridized carbons (Fsp3) is 0.588. The van der Waals surface area contributed by atoms with Crippen molar-refractivity contribution in [2.45, 2.75) is 53.1 Å². The van der Waals surface area contributed by atoms with E-state index in [2.05, 4.69) is 39.9 Å². The first-order chi connectivity index (χ1) is 9.57. The Morgan fingerprint density at radius 2 is 1.71 bits per heavy atom. The lowest BCUT2D eigenvalue weighted by atomic mass is 9.82. The molecule has 0 aliphatic heterocycles. The van der Waals surface area contributed by atoms with E-state index in [1.165, 1.54) is 5.56 Å². The summed E-state index contributed by atoms with van der Waals surface area (Å²) in [6.07, 6.45) is 1.10. The summed E-state index contributed by atoms with van der Waals surface area (Å²) in [5, 5.41) is 3.59. The smallest absolute Gasteiger partial charge is 0.255 e. The van der Waals surface area contributed by atoms with Gasteiger partial charge in [-0.25, -0.2) is 0 Å². The van der Waals surface area contributed by atoms with Crippen molar-refractivity contribution in [1.29, 1.82) is 0 Å². The molecule has 0 unspecified atom stereocenters. The van der Waals surface area contributed by atoms with Crippen LogP contribution in [-0.2, 0) is 11.3 Å². The number of benzene rings is 1. The predicted molar refractivity (Wildman–Crippen MR) is 86.1 cm³/mol. The fourth-order valence-electron chi connectivity index (χ4n) is 2.59. The lowest BCUT2D eigenvalue weighted by molar-refractivity contribution is -0.119. The molecule has 0 atom stereocenters. The van der Waals surface area contributed by atoms with Gasteiger partial charge in [0.05, 0.1) is 0 Å². The van der Waals surface area contributed by atoms with Gasteiger partial charge in [0.1, 0.15) is 5.75 Å². The van der Waals surface area contributed by atoms with Crippen molar-refractivity contribution in [2.24, 2.45) is 11.1 Å². The molecule has 21 heavy (non-hydrogen) atoms. The monoisotopic (exact) mass is 292 g/mol. The number of nitrogens with one attached hydrogen (secondary N) is 1. The minimum Gasteiger partial charge on any atom is -0.484 e. The Morgan fingerprint density at radius 3 is 2.19 bits per heavy atom. The maximum Gasteiger partial charge on any atom is 0.255 e. The van der Waals surface area contributed by atoms with Gasteiger partial charge in [-0.2, -0.15) is 0 Å². The molecule has 3 N–H and O–H groups in total. The third kappa shape index (κ3) is 7.71. The Balaban J connectivity index is 2.50. The van der Waals surface area contributed by atoms with E-state index >= 15 is 0 Å². The number of rotatable bonds is 7. The van der Waals surface area contributed by atoms with E-state index in [4.69, 9.17) is 10.5 Å². The molecule has 1 aromatic rings. The third-order valence-electron chi connectivity index (χ3n) is 3.05. The van der Waals surface area contributed by atoms with Crippen LogP contribution in [0.2, 0.25) is 0 Å². The number of carbonyl (C=O) groups is 1. The first-order valence-electron chi connectivity index (χ1n) is 7.32. The number of nitrogens with two attached hydrogens (primary N) is 1. The van der Waals surface area contributed by atoms with Crippen LogP contribution in [0.4, 0.5) is 0 Å². The average molecular weight is 292 g/mol. The Kier molecular flexibility index (Phi) is 5.78. The van der Waals surface area contributed by atoms with Gasteiger partial charge in [-0.3, -0.25) is 4.79 Å². The normalized spacial score (nSPS) is 12.2. The van der Waals surface area contributed by atoms with Crippen LogP contribution in [0.1, 0.15) is 46.6 Å². The Hall–Kier alpha value is -1.55. The van der Waals surface area contributed by atoms with Gasteiger partial charge < -0.3 is 15.8 Å². The molecule has 118 valence electrons. The van der Waals surface area contributed by atoms with E-state index in [1.54, 1.807) is 0 Å². The molecule has 1 amide bonds. The lowest BCUT2D eigenvalue weighted by Gasteiger charge is -2.33. The third-order valence-corrected chi connectivity index (χ3v) is 3.05. The van der Waals surface area contributed by atoms with E-state index in [1.807, 2.05) is 24.3 Å². The Morgan fingerprint density at radius 1 is 1.14 bits per heavy atom. The van der Waals surface area contributed by atoms with Crippen molar-refractivity contribution in [2.75, 3.05) is 6.61 Å². The van der Waals surface area contributed by atoms with E-state index in [0.717, 1.165) is 13.0 Å². The van der Waals surface area contributed by atoms with Crippen LogP contribution < -0.4 is 15.8 Å². The molecule has 0 aliphatic rings. The van der Waals surface area contributed by atoms with Crippen LogP contribution in [0, 0.1) is 5.41 Å². The number of amides is 1. The summed E-state index contributed by atoms with van der Waals surface area (Å²) in [5.41, 5.74) is 6.60. The highest BCUT2D eigenvalue weighted by atomic mass is 16.5. The maximum absolute atomic E-state index is 10.7. The summed E-state index contributed by atoms with van der Waals surface area (Å²) in [6.45, 7) is 11.9. The minimum atomic E-state index is -0.468. The molecule has 0 radical (unpaired) electrons. The van der Waals surface area contributed by atoms with E-state index < -0.39 is 5.91 Å². The second kappa shape index (κ2) is 6.94. The standard InChI is InChI=1S/C17H28N2O2/c1-16(2,3)12-17(4,5)19-10-13-6-8-14(9-7-13)21-11-15(18)20/h6-9,19H,10-12H2,1-5H3,(H2,18,20). The highest BCUT2D eigenvalue weighted by molar-refractivity contribution is 5.75. The topological polar surface area (TPSA) is 64.3 Å². The molecule has 1 rings (SSSR count). The minimum absolute atomic E-state index is 0.0827.